The van der Waals surface area contributed by atoms with Crippen LogP contribution in [0, 0.1) is 0 Å². The molecule has 6 nitrogen and oxygen atoms in total. The number of carbonyl (C=O) groups excluding carboxylic acids is 3. The van der Waals surface area contributed by atoms with Crippen LogP contribution >= 0.6 is 0 Å². The van der Waals surface area contributed by atoms with Crippen molar-refractivity contribution in [2.45, 2.75) is 399 Å². The van der Waals surface area contributed by atoms with Crippen molar-refractivity contribution in [2.24, 2.45) is 0 Å². The van der Waals surface area contributed by atoms with E-state index in [-0.39, 0.29) is 31.1 Å². The zero-order valence-corrected chi connectivity index (χ0v) is 54.6. The Morgan fingerprint density at radius 2 is 0.481 bits per heavy atom. The first-order valence-electron chi connectivity index (χ1n) is 36.1. The number of unbranched alkanes of at least 4 members (excludes halogenated alkanes) is 48. The van der Waals surface area contributed by atoms with Gasteiger partial charge in [-0.25, -0.2) is 0 Å². The summed E-state index contributed by atoms with van der Waals surface area (Å²) in [6.45, 7) is 6.60. The molecule has 0 saturated heterocycles. The van der Waals surface area contributed by atoms with Gasteiger partial charge in [-0.05, 0) is 57.8 Å². The molecular weight excluding hydrogens is 997 g/mol. The maximum Gasteiger partial charge on any atom is 0.306 e. The predicted molar refractivity (Wildman–Crippen MR) is 353 cm³/mol. The summed E-state index contributed by atoms with van der Waals surface area (Å²) in [7, 11) is 0. The molecule has 0 rings (SSSR count). The monoisotopic (exact) mass is 1140 g/mol. The summed E-state index contributed by atoms with van der Waals surface area (Å²) in [5.74, 6) is -0.848. The molecule has 0 N–H and O–H groups in total. The zero-order chi connectivity index (χ0) is 58.5. The largest absolute Gasteiger partial charge is 0.462 e. The van der Waals surface area contributed by atoms with Gasteiger partial charge in [-0.1, -0.05) is 365 Å². The van der Waals surface area contributed by atoms with E-state index in [4.69, 9.17) is 14.2 Å². The fourth-order valence-corrected chi connectivity index (χ4v) is 11.0. The predicted octanol–water partition coefficient (Wildman–Crippen LogP) is 24.9. The van der Waals surface area contributed by atoms with Crippen LogP contribution in [0.2, 0.25) is 0 Å². The van der Waals surface area contributed by atoms with E-state index in [2.05, 4.69) is 69.4 Å². The lowest BCUT2D eigenvalue weighted by Crippen LogP contribution is -2.30. The third kappa shape index (κ3) is 68.0. The van der Waals surface area contributed by atoms with Gasteiger partial charge in [-0.3, -0.25) is 14.4 Å². The number of allylic oxidation sites excluding steroid dienone is 8. The van der Waals surface area contributed by atoms with Crippen molar-refractivity contribution < 1.29 is 28.6 Å². The molecule has 0 aromatic rings. The Balaban J connectivity index is 4.29. The molecule has 0 heterocycles. The summed E-state index contributed by atoms with van der Waals surface area (Å²) >= 11 is 0. The van der Waals surface area contributed by atoms with Crippen molar-refractivity contribution in [3.05, 3.63) is 48.6 Å². The van der Waals surface area contributed by atoms with E-state index in [0.29, 0.717) is 19.3 Å². The minimum absolute atomic E-state index is 0.0707. The molecule has 81 heavy (non-hydrogen) atoms. The Kier molecular flexibility index (Phi) is 67.6. The van der Waals surface area contributed by atoms with Crippen LogP contribution in [0.5, 0.6) is 0 Å². The molecule has 474 valence electrons. The number of hydrogen-bond acceptors (Lipinski definition) is 6. The van der Waals surface area contributed by atoms with Crippen LogP contribution in [0.4, 0.5) is 0 Å². The van der Waals surface area contributed by atoms with E-state index in [1.807, 2.05) is 0 Å². The molecule has 0 aromatic heterocycles. The van der Waals surface area contributed by atoms with Crippen molar-refractivity contribution in [3.63, 3.8) is 0 Å². The number of carbonyl (C=O) groups is 3. The fourth-order valence-electron chi connectivity index (χ4n) is 11.0. The molecule has 0 aliphatic rings. The Morgan fingerprint density at radius 3 is 0.753 bits per heavy atom. The molecule has 6 heteroatoms. The van der Waals surface area contributed by atoms with Gasteiger partial charge in [0.05, 0.1) is 0 Å². The van der Waals surface area contributed by atoms with Crippen LogP contribution in [-0.4, -0.2) is 37.2 Å². The highest BCUT2D eigenvalue weighted by atomic mass is 16.6. The van der Waals surface area contributed by atoms with E-state index in [1.165, 1.54) is 263 Å². The molecule has 0 saturated carbocycles. The molecule has 0 bridgehead atoms. The number of hydrogen-bond donors (Lipinski definition) is 0. The van der Waals surface area contributed by atoms with E-state index >= 15 is 0 Å². The number of ether oxygens (including phenoxy) is 3. The summed E-state index contributed by atoms with van der Waals surface area (Å²) in [4.78, 5) is 38.5. The molecule has 1 atom stereocenters. The second kappa shape index (κ2) is 69.9. The van der Waals surface area contributed by atoms with Gasteiger partial charge < -0.3 is 14.2 Å². The smallest absolute Gasteiger partial charge is 0.306 e. The first-order chi connectivity index (χ1) is 40.0. The summed E-state index contributed by atoms with van der Waals surface area (Å²) in [5.41, 5.74) is 0. The average Bonchev–Trinajstić information content (AvgIpc) is 3.47. The molecule has 0 aliphatic heterocycles. The van der Waals surface area contributed by atoms with Gasteiger partial charge in [-0.15, -0.1) is 0 Å². The van der Waals surface area contributed by atoms with Gasteiger partial charge in [0, 0.05) is 19.3 Å². The topological polar surface area (TPSA) is 78.9 Å². The lowest BCUT2D eigenvalue weighted by molar-refractivity contribution is -0.167. The molecule has 1 unspecified atom stereocenters. The standard InChI is InChI=1S/C75H138O6/c1-4-7-10-13-16-19-22-25-28-31-33-35-36-37-38-40-41-44-47-50-53-56-59-62-65-68-74(77)80-71-72(70-79-73(76)67-64-61-58-55-52-49-46-43-30-27-24-21-18-15-12-9-6-3)81-75(78)69-66-63-60-57-54-51-48-45-42-39-34-32-29-26-23-20-17-14-11-8-5-2/h8,11,17,20,26,29,34,39,72H,4-7,9-10,12-16,18-19,21-25,27-28,30-33,35-38,40-71H2,1-3H3/b11-8-,20-17-,29-26-,39-34-. The summed E-state index contributed by atoms with van der Waals surface area (Å²) in [5, 5.41) is 0. The maximum absolute atomic E-state index is 13.0. The summed E-state index contributed by atoms with van der Waals surface area (Å²) in [6, 6.07) is 0. The van der Waals surface area contributed by atoms with Crippen LogP contribution in [0.3, 0.4) is 0 Å². The van der Waals surface area contributed by atoms with Crippen LogP contribution in [0.15, 0.2) is 48.6 Å². The van der Waals surface area contributed by atoms with Gasteiger partial charge in [0.25, 0.3) is 0 Å². The van der Waals surface area contributed by atoms with Crippen molar-refractivity contribution >= 4 is 17.9 Å². The lowest BCUT2D eigenvalue weighted by atomic mass is 10.0. The second-order valence-electron chi connectivity index (χ2n) is 24.5. The van der Waals surface area contributed by atoms with Gasteiger partial charge in [0.15, 0.2) is 6.10 Å². The van der Waals surface area contributed by atoms with Crippen LogP contribution in [0.1, 0.15) is 393 Å². The Bertz CT molecular complexity index is 1400. The molecule has 0 radical (unpaired) electrons. The highest BCUT2D eigenvalue weighted by Crippen LogP contribution is 2.19. The van der Waals surface area contributed by atoms with Gasteiger partial charge in [0.1, 0.15) is 13.2 Å². The van der Waals surface area contributed by atoms with Crippen LogP contribution in [-0.2, 0) is 28.6 Å². The minimum atomic E-state index is -0.776. The van der Waals surface area contributed by atoms with E-state index in [0.717, 1.165) is 89.9 Å². The van der Waals surface area contributed by atoms with Crippen molar-refractivity contribution in [2.75, 3.05) is 13.2 Å². The SMILES string of the molecule is CC/C=C\C/C=C\C/C=C\C/C=C\CCCCCCCCCCC(=O)OC(COC(=O)CCCCCCCCCCCCCCCCCCC)COC(=O)CCCCCCCCCCCCCCCCCCCCCCCCCCC. The van der Waals surface area contributed by atoms with Crippen LogP contribution < -0.4 is 0 Å². The lowest BCUT2D eigenvalue weighted by Gasteiger charge is -2.18. The van der Waals surface area contributed by atoms with Crippen molar-refractivity contribution in [1.82, 2.24) is 0 Å². The quantitative estimate of drug-likeness (QED) is 0.0261. The second-order valence-corrected chi connectivity index (χ2v) is 24.5. The molecule has 0 aliphatic carbocycles. The normalized spacial score (nSPS) is 12.3. The molecule has 0 aromatic carbocycles. The number of rotatable bonds is 67. The van der Waals surface area contributed by atoms with Crippen molar-refractivity contribution in [3.8, 4) is 0 Å². The molecular formula is C75H138O6. The Hall–Kier alpha value is -2.63. The molecule has 0 fully saturated rings. The van der Waals surface area contributed by atoms with Gasteiger partial charge in [0.2, 0.25) is 0 Å². The number of esters is 3. The third-order valence-corrected chi connectivity index (χ3v) is 16.3. The van der Waals surface area contributed by atoms with E-state index in [9.17, 15) is 14.4 Å². The highest BCUT2D eigenvalue weighted by molar-refractivity contribution is 5.71. The maximum atomic E-state index is 13.0. The highest BCUT2D eigenvalue weighted by Gasteiger charge is 2.19. The summed E-state index contributed by atoms with van der Waals surface area (Å²) in [6.07, 6.45) is 88.6. The Morgan fingerprint density at radius 1 is 0.259 bits per heavy atom. The summed E-state index contributed by atoms with van der Waals surface area (Å²) < 4.78 is 17.0. The van der Waals surface area contributed by atoms with E-state index < -0.39 is 6.10 Å². The first kappa shape index (κ1) is 78.4. The van der Waals surface area contributed by atoms with Crippen LogP contribution in [0.25, 0.3) is 0 Å². The fraction of sp³-hybridized carbons (Fsp3) is 0.853. The van der Waals surface area contributed by atoms with Gasteiger partial charge >= 0.3 is 17.9 Å². The molecule has 0 spiro atoms. The van der Waals surface area contributed by atoms with Crippen molar-refractivity contribution in [1.29, 1.82) is 0 Å². The first-order valence-corrected chi connectivity index (χ1v) is 36.1. The average molecular weight is 1140 g/mol. The zero-order valence-electron chi connectivity index (χ0n) is 54.6. The Labute approximate surface area is 505 Å². The van der Waals surface area contributed by atoms with Gasteiger partial charge in [-0.2, -0.15) is 0 Å². The third-order valence-electron chi connectivity index (χ3n) is 16.3. The van der Waals surface area contributed by atoms with E-state index in [1.54, 1.807) is 0 Å². The minimum Gasteiger partial charge on any atom is -0.462 e. The molecule has 0 amide bonds.